The lowest BCUT2D eigenvalue weighted by Gasteiger charge is -2.33. The van der Waals surface area contributed by atoms with Gasteiger partial charge in [-0.15, -0.1) is 24.8 Å². The van der Waals surface area contributed by atoms with Crippen LogP contribution in [0.25, 0.3) is 0 Å². The van der Waals surface area contributed by atoms with E-state index in [4.69, 9.17) is 10.5 Å². The molecular weight excluding hydrogens is 299 g/mol. The van der Waals surface area contributed by atoms with Crippen molar-refractivity contribution in [3.63, 3.8) is 0 Å². The minimum absolute atomic E-state index is 0. The number of nitrogens with zero attached hydrogens (tertiary/aromatic N) is 3. The van der Waals surface area contributed by atoms with Crippen molar-refractivity contribution in [3.05, 3.63) is 18.1 Å². The summed E-state index contributed by atoms with van der Waals surface area (Å²) in [5.41, 5.74) is 6.67. The fourth-order valence-electron chi connectivity index (χ4n) is 2.14. The lowest BCUT2D eigenvalue weighted by Crippen LogP contribution is -2.43. The Balaban J connectivity index is 0.00000180. The van der Waals surface area contributed by atoms with Crippen LogP contribution >= 0.6 is 24.8 Å². The van der Waals surface area contributed by atoms with Crippen molar-refractivity contribution in [1.29, 1.82) is 0 Å². The van der Waals surface area contributed by atoms with Gasteiger partial charge in [0.05, 0.1) is 12.7 Å². The van der Waals surface area contributed by atoms with E-state index >= 15 is 0 Å². The molecule has 0 spiro atoms. The van der Waals surface area contributed by atoms with E-state index < -0.39 is 0 Å². The van der Waals surface area contributed by atoms with Crippen molar-refractivity contribution >= 4 is 30.6 Å². The second-order valence-corrected chi connectivity index (χ2v) is 4.97. The highest BCUT2D eigenvalue weighted by Crippen LogP contribution is 2.19. The first-order valence-corrected chi connectivity index (χ1v) is 6.59. The van der Waals surface area contributed by atoms with Crippen molar-refractivity contribution in [2.45, 2.75) is 32.3 Å². The first-order valence-electron chi connectivity index (χ1n) is 6.59. The highest BCUT2D eigenvalue weighted by molar-refractivity contribution is 5.85. The highest BCUT2D eigenvalue weighted by Gasteiger charge is 2.21. The number of morpholine rings is 1. The maximum atomic E-state index is 5.68. The number of aromatic nitrogens is 2. The van der Waals surface area contributed by atoms with Gasteiger partial charge in [-0.3, -0.25) is 0 Å². The predicted molar refractivity (Wildman–Crippen MR) is 86.2 cm³/mol. The van der Waals surface area contributed by atoms with Gasteiger partial charge in [-0.25, -0.2) is 9.97 Å². The molecule has 0 amide bonds. The summed E-state index contributed by atoms with van der Waals surface area (Å²) in [6.07, 6.45) is 2.78. The van der Waals surface area contributed by atoms with Crippen LogP contribution in [0.3, 0.4) is 0 Å². The van der Waals surface area contributed by atoms with Crippen molar-refractivity contribution in [2.75, 3.05) is 31.1 Å². The molecule has 2 N–H and O–H groups in total. The number of halogens is 2. The first-order chi connectivity index (χ1) is 8.70. The van der Waals surface area contributed by atoms with E-state index in [1.54, 1.807) is 6.33 Å². The number of anilines is 1. The summed E-state index contributed by atoms with van der Waals surface area (Å²) in [5, 5.41) is 0. The van der Waals surface area contributed by atoms with E-state index in [2.05, 4.69) is 34.8 Å². The zero-order chi connectivity index (χ0) is 13.0. The normalized spacial score (nSPS) is 18.4. The third kappa shape index (κ3) is 5.05. The molecule has 0 aromatic carbocycles. The maximum absolute atomic E-state index is 5.68. The SMILES string of the molecule is CC(C)c1cc(N2CCOC(CCN)C2)ncn1.Cl.Cl. The molecule has 1 aliphatic rings. The van der Waals surface area contributed by atoms with Gasteiger partial charge in [-0.2, -0.15) is 0 Å². The molecule has 2 rings (SSSR count). The fraction of sp³-hybridized carbons (Fsp3) is 0.692. The Morgan fingerprint density at radius 3 is 2.80 bits per heavy atom. The van der Waals surface area contributed by atoms with E-state index in [1.807, 2.05) is 0 Å². The third-order valence-corrected chi connectivity index (χ3v) is 3.22. The van der Waals surface area contributed by atoms with Gasteiger partial charge in [-0.1, -0.05) is 13.8 Å². The van der Waals surface area contributed by atoms with Gasteiger partial charge < -0.3 is 15.4 Å². The second kappa shape index (κ2) is 9.34. The average molecular weight is 323 g/mol. The lowest BCUT2D eigenvalue weighted by molar-refractivity contribution is 0.0366. The summed E-state index contributed by atoms with van der Waals surface area (Å²) in [5.74, 6) is 1.42. The molecule has 0 radical (unpaired) electrons. The molecule has 7 heteroatoms. The number of nitrogens with two attached hydrogens (primary N) is 1. The molecule has 20 heavy (non-hydrogen) atoms. The van der Waals surface area contributed by atoms with Crippen molar-refractivity contribution in [3.8, 4) is 0 Å². The van der Waals surface area contributed by atoms with Crippen molar-refractivity contribution in [1.82, 2.24) is 9.97 Å². The fourth-order valence-corrected chi connectivity index (χ4v) is 2.14. The zero-order valence-corrected chi connectivity index (χ0v) is 13.6. The van der Waals surface area contributed by atoms with Crippen LogP contribution in [0, 0.1) is 0 Å². The lowest BCUT2D eigenvalue weighted by atomic mass is 10.1. The molecule has 1 fully saturated rings. The summed E-state index contributed by atoms with van der Waals surface area (Å²) >= 11 is 0. The molecule has 1 saturated heterocycles. The standard InChI is InChI=1S/C13H22N4O.2ClH/c1-10(2)12-7-13(16-9-15-12)17-5-6-18-11(8-17)3-4-14;;/h7,9-11H,3-6,8,14H2,1-2H3;2*1H. The molecule has 116 valence electrons. The molecule has 1 aliphatic heterocycles. The monoisotopic (exact) mass is 322 g/mol. The Kier molecular flexibility index (Phi) is 9.05. The smallest absolute Gasteiger partial charge is 0.132 e. The predicted octanol–water partition coefficient (Wildman–Crippen LogP) is 2.00. The van der Waals surface area contributed by atoms with Crippen LogP contribution < -0.4 is 10.6 Å². The van der Waals surface area contributed by atoms with Crippen LogP contribution in [0.4, 0.5) is 5.82 Å². The summed E-state index contributed by atoms with van der Waals surface area (Å²) in [7, 11) is 0. The highest BCUT2D eigenvalue weighted by atomic mass is 35.5. The van der Waals surface area contributed by atoms with Gasteiger partial charge in [0, 0.05) is 24.8 Å². The van der Waals surface area contributed by atoms with E-state index in [-0.39, 0.29) is 30.9 Å². The zero-order valence-electron chi connectivity index (χ0n) is 12.0. The molecule has 1 unspecified atom stereocenters. The van der Waals surface area contributed by atoms with Crippen LogP contribution in [-0.4, -0.2) is 42.3 Å². The summed E-state index contributed by atoms with van der Waals surface area (Å²) in [4.78, 5) is 10.9. The van der Waals surface area contributed by atoms with Crippen LogP contribution in [-0.2, 0) is 4.74 Å². The van der Waals surface area contributed by atoms with Crippen LogP contribution in [0.1, 0.15) is 31.9 Å². The molecule has 1 atom stereocenters. The molecule has 0 bridgehead atoms. The van der Waals surface area contributed by atoms with Crippen LogP contribution in [0.15, 0.2) is 12.4 Å². The minimum Gasteiger partial charge on any atom is -0.374 e. The molecule has 0 saturated carbocycles. The van der Waals surface area contributed by atoms with E-state index in [1.165, 1.54) is 0 Å². The summed E-state index contributed by atoms with van der Waals surface area (Å²) < 4.78 is 5.68. The van der Waals surface area contributed by atoms with Gasteiger partial charge in [0.15, 0.2) is 0 Å². The molecule has 0 aliphatic carbocycles. The van der Waals surface area contributed by atoms with Gasteiger partial charge in [-0.05, 0) is 18.9 Å². The Labute approximate surface area is 133 Å². The minimum atomic E-state index is 0. The first kappa shape index (κ1) is 19.4. The Morgan fingerprint density at radius 2 is 2.15 bits per heavy atom. The Morgan fingerprint density at radius 1 is 1.40 bits per heavy atom. The quantitative estimate of drug-likeness (QED) is 0.918. The average Bonchev–Trinajstić information content (AvgIpc) is 2.39. The van der Waals surface area contributed by atoms with E-state index in [0.29, 0.717) is 12.5 Å². The number of ether oxygens (including phenoxy) is 1. The molecule has 5 nitrogen and oxygen atoms in total. The largest absolute Gasteiger partial charge is 0.374 e. The molecule has 1 aromatic rings. The second-order valence-electron chi connectivity index (χ2n) is 4.97. The number of hydrogen-bond donors (Lipinski definition) is 1. The van der Waals surface area contributed by atoms with Gasteiger partial charge in [0.25, 0.3) is 0 Å². The van der Waals surface area contributed by atoms with E-state index in [0.717, 1.165) is 37.6 Å². The summed E-state index contributed by atoms with van der Waals surface area (Å²) in [6.45, 7) is 7.44. The third-order valence-electron chi connectivity index (χ3n) is 3.22. The van der Waals surface area contributed by atoms with Crippen molar-refractivity contribution in [2.24, 2.45) is 5.73 Å². The van der Waals surface area contributed by atoms with Gasteiger partial charge in [0.1, 0.15) is 12.1 Å². The number of hydrogen-bond acceptors (Lipinski definition) is 5. The topological polar surface area (TPSA) is 64.3 Å². The maximum Gasteiger partial charge on any atom is 0.132 e. The number of rotatable bonds is 4. The van der Waals surface area contributed by atoms with Gasteiger partial charge in [0.2, 0.25) is 0 Å². The Hall–Kier alpha value is -0.620. The van der Waals surface area contributed by atoms with Crippen LogP contribution in [0.5, 0.6) is 0 Å². The molecular formula is C13H24Cl2N4O. The van der Waals surface area contributed by atoms with Gasteiger partial charge >= 0.3 is 0 Å². The summed E-state index contributed by atoms with van der Waals surface area (Å²) in [6, 6.07) is 2.08. The van der Waals surface area contributed by atoms with Crippen molar-refractivity contribution < 1.29 is 4.74 Å². The Bertz CT molecular complexity index is 390. The molecule has 2 heterocycles. The van der Waals surface area contributed by atoms with Crippen LogP contribution in [0.2, 0.25) is 0 Å². The van der Waals surface area contributed by atoms with E-state index in [9.17, 15) is 0 Å². The molecule has 1 aromatic heterocycles.